The molecule has 2 aromatic carbocycles. The summed E-state index contributed by atoms with van der Waals surface area (Å²) in [5.41, 5.74) is -0.657. The molecule has 0 aliphatic carbocycles. The molecule has 0 spiro atoms. The molecule has 4 rings (SSSR count). The van der Waals surface area contributed by atoms with Crippen LogP contribution in [0.2, 0.25) is 0 Å². The van der Waals surface area contributed by atoms with Gasteiger partial charge >= 0.3 is 0 Å². The van der Waals surface area contributed by atoms with Crippen molar-refractivity contribution in [2.75, 3.05) is 0 Å². The van der Waals surface area contributed by atoms with E-state index < -0.39 is 29.0 Å². The van der Waals surface area contributed by atoms with E-state index in [1.807, 2.05) is 6.08 Å². The Labute approximate surface area is 188 Å². The predicted octanol–water partition coefficient (Wildman–Crippen LogP) is 4.51. The Bertz CT molecular complexity index is 1240. The summed E-state index contributed by atoms with van der Waals surface area (Å²) in [6.45, 7) is 1.70. The molecule has 0 bridgehead atoms. The number of hydrogen-bond donors (Lipinski definition) is 1. The number of aliphatic hydroxyl groups is 1. The first-order chi connectivity index (χ1) is 15.9. The Kier molecular flexibility index (Phi) is 6.41. The van der Waals surface area contributed by atoms with Crippen LogP contribution in [-0.2, 0) is 12.1 Å². The SMILES string of the molecule is C[C@@H](C/C=C/c1ccc(F)c(-n2cccn2)c1)[C@](O)(Cn1cncn1)c1ccc(F)cc1F. The quantitative estimate of drug-likeness (QED) is 0.426. The molecule has 1 N–H and O–H groups in total. The zero-order chi connectivity index (χ0) is 23.4. The monoisotopic (exact) mass is 453 g/mol. The number of hydrogen-bond acceptors (Lipinski definition) is 4. The van der Waals surface area contributed by atoms with E-state index in [9.17, 15) is 18.3 Å². The van der Waals surface area contributed by atoms with Crippen LogP contribution in [0.1, 0.15) is 24.5 Å². The molecule has 0 aliphatic heterocycles. The molecule has 0 radical (unpaired) electrons. The van der Waals surface area contributed by atoms with Gasteiger partial charge in [-0.25, -0.2) is 27.5 Å². The zero-order valence-corrected chi connectivity index (χ0v) is 17.8. The number of halogens is 3. The number of rotatable bonds is 8. The maximum Gasteiger partial charge on any atom is 0.148 e. The normalized spacial score (nSPS) is 14.5. The molecule has 9 heteroatoms. The fourth-order valence-electron chi connectivity index (χ4n) is 3.73. The second kappa shape index (κ2) is 9.41. The molecule has 4 aromatic rings. The van der Waals surface area contributed by atoms with Crippen LogP contribution in [0, 0.1) is 23.4 Å². The third-order valence-corrected chi connectivity index (χ3v) is 5.60. The van der Waals surface area contributed by atoms with Crippen LogP contribution in [0.15, 0.2) is 73.6 Å². The van der Waals surface area contributed by atoms with E-state index >= 15 is 0 Å². The van der Waals surface area contributed by atoms with Crippen molar-refractivity contribution in [2.24, 2.45) is 5.92 Å². The van der Waals surface area contributed by atoms with Crippen LogP contribution in [-0.4, -0.2) is 29.7 Å². The Morgan fingerprint density at radius 1 is 1.09 bits per heavy atom. The van der Waals surface area contributed by atoms with Crippen molar-refractivity contribution in [3.05, 3.63) is 102 Å². The summed E-state index contributed by atoms with van der Waals surface area (Å²) in [5.74, 6) is -2.45. The van der Waals surface area contributed by atoms with Gasteiger partial charge in [0, 0.05) is 24.0 Å². The van der Waals surface area contributed by atoms with Gasteiger partial charge in [0.1, 0.15) is 41.4 Å². The first kappa shape index (κ1) is 22.5. The lowest BCUT2D eigenvalue weighted by Crippen LogP contribution is -2.39. The van der Waals surface area contributed by atoms with Gasteiger partial charge in [-0.15, -0.1) is 0 Å². The number of benzene rings is 2. The van der Waals surface area contributed by atoms with E-state index in [1.54, 1.807) is 43.6 Å². The van der Waals surface area contributed by atoms with Crippen molar-refractivity contribution >= 4 is 6.08 Å². The van der Waals surface area contributed by atoms with E-state index in [4.69, 9.17) is 0 Å². The average molecular weight is 453 g/mol. The molecule has 0 amide bonds. The van der Waals surface area contributed by atoms with Crippen LogP contribution in [0.4, 0.5) is 13.2 Å². The highest BCUT2D eigenvalue weighted by molar-refractivity contribution is 5.53. The van der Waals surface area contributed by atoms with Crippen molar-refractivity contribution in [1.29, 1.82) is 0 Å². The minimum Gasteiger partial charge on any atom is -0.383 e. The molecule has 2 atom stereocenters. The van der Waals surface area contributed by atoms with Crippen molar-refractivity contribution in [3.63, 3.8) is 0 Å². The van der Waals surface area contributed by atoms with Gasteiger partial charge in [-0.1, -0.05) is 31.2 Å². The molecule has 6 nitrogen and oxygen atoms in total. The maximum absolute atomic E-state index is 14.6. The van der Waals surface area contributed by atoms with Gasteiger partial charge in [0.05, 0.1) is 6.54 Å². The molecule has 0 unspecified atom stereocenters. The van der Waals surface area contributed by atoms with Gasteiger partial charge in [0.25, 0.3) is 0 Å². The fourth-order valence-corrected chi connectivity index (χ4v) is 3.73. The van der Waals surface area contributed by atoms with E-state index in [1.165, 1.54) is 34.2 Å². The number of aromatic nitrogens is 5. The average Bonchev–Trinajstić information content (AvgIpc) is 3.49. The first-order valence-electron chi connectivity index (χ1n) is 10.3. The molecule has 2 aromatic heterocycles. The zero-order valence-electron chi connectivity index (χ0n) is 17.8. The fraction of sp³-hybridized carbons (Fsp3) is 0.208. The highest BCUT2D eigenvalue weighted by atomic mass is 19.1. The maximum atomic E-state index is 14.6. The molecular formula is C24H22F3N5O. The van der Waals surface area contributed by atoms with E-state index in [-0.39, 0.29) is 12.1 Å². The van der Waals surface area contributed by atoms with Crippen molar-refractivity contribution in [2.45, 2.75) is 25.5 Å². The lowest BCUT2D eigenvalue weighted by molar-refractivity contribution is -0.0379. The van der Waals surface area contributed by atoms with Crippen LogP contribution >= 0.6 is 0 Å². The lowest BCUT2D eigenvalue weighted by Gasteiger charge is -2.34. The Balaban J connectivity index is 1.58. The second-order valence-electron chi connectivity index (χ2n) is 7.84. The Morgan fingerprint density at radius 3 is 2.64 bits per heavy atom. The second-order valence-corrected chi connectivity index (χ2v) is 7.84. The van der Waals surface area contributed by atoms with Gasteiger partial charge in [-0.2, -0.15) is 10.2 Å². The highest BCUT2D eigenvalue weighted by Gasteiger charge is 2.38. The molecule has 170 valence electrons. The van der Waals surface area contributed by atoms with Gasteiger partial charge in [0.2, 0.25) is 0 Å². The predicted molar refractivity (Wildman–Crippen MR) is 117 cm³/mol. The molecule has 0 saturated heterocycles. The Hall–Kier alpha value is -3.72. The molecule has 2 heterocycles. The van der Waals surface area contributed by atoms with Gasteiger partial charge in [-0.05, 0) is 42.2 Å². The van der Waals surface area contributed by atoms with Gasteiger partial charge < -0.3 is 5.11 Å². The highest BCUT2D eigenvalue weighted by Crippen LogP contribution is 2.36. The van der Waals surface area contributed by atoms with Crippen LogP contribution in [0.5, 0.6) is 0 Å². The minimum absolute atomic E-state index is 0.0250. The first-order valence-corrected chi connectivity index (χ1v) is 10.3. The van der Waals surface area contributed by atoms with E-state index in [0.29, 0.717) is 12.1 Å². The van der Waals surface area contributed by atoms with Crippen molar-refractivity contribution < 1.29 is 18.3 Å². The third-order valence-electron chi connectivity index (χ3n) is 5.60. The summed E-state index contributed by atoms with van der Waals surface area (Å²) >= 11 is 0. The minimum atomic E-state index is -1.68. The van der Waals surface area contributed by atoms with Crippen LogP contribution in [0.3, 0.4) is 0 Å². The number of allylic oxidation sites excluding steroid dienone is 1. The Morgan fingerprint density at radius 2 is 1.94 bits per heavy atom. The largest absolute Gasteiger partial charge is 0.383 e. The summed E-state index contributed by atoms with van der Waals surface area (Å²) in [6, 6.07) is 9.46. The van der Waals surface area contributed by atoms with Crippen LogP contribution in [0.25, 0.3) is 11.8 Å². The summed E-state index contributed by atoms with van der Waals surface area (Å²) in [6.07, 6.45) is 9.92. The summed E-state index contributed by atoms with van der Waals surface area (Å²) in [5, 5.41) is 19.6. The summed E-state index contributed by atoms with van der Waals surface area (Å²) in [4.78, 5) is 3.87. The van der Waals surface area contributed by atoms with Crippen molar-refractivity contribution in [1.82, 2.24) is 24.5 Å². The number of nitrogens with zero attached hydrogens (tertiary/aromatic N) is 5. The molecule has 0 saturated carbocycles. The smallest absolute Gasteiger partial charge is 0.148 e. The molecule has 0 fully saturated rings. The molecular weight excluding hydrogens is 431 g/mol. The third kappa shape index (κ3) is 4.88. The molecule has 0 aliphatic rings. The summed E-state index contributed by atoms with van der Waals surface area (Å²) in [7, 11) is 0. The topological polar surface area (TPSA) is 68.8 Å². The lowest BCUT2D eigenvalue weighted by atomic mass is 9.80. The van der Waals surface area contributed by atoms with E-state index in [0.717, 1.165) is 17.7 Å². The van der Waals surface area contributed by atoms with Crippen LogP contribution < -0.4 is 0 Å². The standard InChI is InChI=1S/C24H22F3N5O/c1-17(4-2-5-18-6-9-21(26)23(12-18)32-11-3-10-29-32)24(33,14-31-16-28-15-30-31)20-8-7-19(25)13-22(20)27/h2-3,5-13,15-17,33H,4,14H2,1H3/b5-2+/t17-,24+/m0/s1. The van der Waals surface area contributed by atoms with Crippen molar-refractivity contribution in [3.8, 4) is 5.69 Å². The van der Waals surface area contributed by atoms with Gasteiger partial charge in [-0.3, -0.25) is 0 Å². The summed E-state index contributed by atoms with van der Waals surface area (Å²) < 4.78 is 45.1. The van der Waals surface area contributed by atoms with Gasteiger partial charge in [0.15, 0.2) is 0 Å². The molecule has 33 heavy (non-hydrogen) atoms. The van der Waals surface area contributed by atoms with E-state index in [2.05, 4.69) is 15.2 Å².